The lowest BCUT2D eigenvalue weighted by Gasteiger charge is -2.22. The van der Waals surface area contributed by atoms with Crippen LogP contribution in [0.2, 0.25) is 5.02 Å². The van der Waals surface area contributed by atoms with Crippen LogP contribution in [0.1, 0.15) is 59.8 Å². The minimum absolute atomic E-state index is 0.0226. The van der Waals surface area contributed by atoms with Crippen LogP contribution in [0.15, 0.2) is 60.8 Å². The Morgan fingerprint density at radius 1 is 1.05 bits per heavy atom. The van der Waals surface area contributed by atoms with Crippen molar-refractivity contribution in [3.8, 4) is 11.1 Å². The van der Waals surface area contributed by atoms with Gasteiger partial charge in [0.15, 0.2) is 0 Å². The molecular formula is C30H29ClF3N3O3. The number of aryl methyl sites for hydroxylation is 1. The van der Waals surface area contributed by atoms with Crippen molar-refractivity contribution in [1.82, 2.24) is 15.1 Å². The van der Waals surface area contributed by atoms with Gasteiger partial charge in [-0.2, -0.15) is 18.3 Å². The van der Waals surface area contributed by atoms with Gasteiger partial charge in [0, 0.05) is 28.1 Å². The molecule has 2 N–H and O–H groups in total. The fourth-order valence-corrected chi connectivity index (χ4v) is 5.06. The smallest absolute Gasteiger partial charge is 0.416 e. The van der Waals surface area contributed by atoms with Crippen molar-refractivity contribution in [2.45, 2.75) is 45.8 Å². The molecule has 0 aliphatic heterocycles. The number of nitrogens with one attached hydrogen (secondary N) is 1. The molecule has 6 nitrogen and oxygen atoms in total. The SMILES string of the molecule is Cc1c(-c2ccc(C(F)(F)F)cc2Cl)ccc2c1cnn2[C@@H](CC(C)C)c1ccc(C(=O)NCCC(=O)O)cc1. The average molecular weight is 572 g/mol. The number of fused-ring (bicyclic) bond motifs is 1. The summed E-state index contributed by atoms with van der Waals surface area (Å²) >= 11 is 6.29. The lowest BCUT2D eigenvalue weighted by molar-refractivity contribution is -0.138. The van der Waals surface area contributed by atoms with Crippen LogP contribution >= 0.6 is 11.6 Å². The maximum atomic E-state index is 13.1. The van der Waals surface area contributed by atoms with Crippen molar-refractivity contribution in [3.05, 3.63) is 88.1 Å². The topological polar surface area (TPSA) is 84.2 Å². The van der Waals surface area contributed by atoms with Crippen LogP contribution in [0.5, 0.6) is 0 Å². The Hall–Kier alpha value is -3.85. The van der Waals surface area contributed by atoms with E-state index >= 15 is 0 Å². The zero-order chi connectivity index (χ0) is 29.2. The molecule has 10 heteroatoms. The zero-order valence-corrected chi connectivity index (χ0v) is 23.0. The Bertz CT molecular complexity index is 1550. The molecule has 3 aromatic carbocycles. The number of hydrogen-bond donors (Lipinski definition) is 2. The van der Waals surface area contributed by atoms with E-state index in [-0.39, 0.29) is 29.9 Å². The summed E-state index contributed by atoms with van der Waals surface area (Å²) in [7, 11) is 0. The van der Waals surface area contributed by atoms with E-state index in [0.717, 1.165) is 46.1 Å². The standard InChI is InChI=1S/C30H29ClF3N3O3/c1-17(2)14-27(19-4-6-20(7-5-19)29(40)35-13-12-28(38)39)37-26-11-10-22(18(3)24(26)16-36-37)23-9-8-21(15-25(23)31)30(32,33)34/h4-11,15-17,27H,12-14H2,1-3H3,(H,35,40)(H,38,39)/t27-/m0/s1. The van der Waals surface area contributed by atoms with Crippen LogP contribution in [-0.2, 0) is 11.0 Å². The van der Waals surface area contributed by atoms with E-state index in [9.17, 15) is 22.8 Å². The Labute approximate surface area is 234 Å². The van der Waals surface area contributed by atoms with Gasteiger partial charge in [0.2, 0.25) is 0 Å². The maximum Gasteiger partial charge on any atom is 0.416 e. The molecule has 0 spiro atoms. The lowest BCUT2D eigenvalue weighted by Crippen LogP contribution is -2.26. The number of carbonyl (C=O) groups excluding carboxylic acids is 1. The summed E-state index contributed by atoms with van der Waals surface area (Å²) in [5.74, 6) is -0.999. The molecule has 0 unspecified atom stereocenters. The van der Waals surface area contributed by atoms with E-state index in [4.69, 9.17) is 21.8 Å². The summed E-state index contributed by atoms with van der Waals surface area (Å²) in [5, 5.41) is 17.0. The maximum absolute atomic E-state index is 13.1. The monoisotopic (exact) mass is 571 g/mol. The molecule has 0 saturated carbocycles. The van der Waals surface area contributed by atoms with E-state index in [1.807, 2.05) is 35.9 Å². The molecule has 0 aliphatic carbocycles. The molecule has 0 radical (unpaired) electrons. The first-order valence-corrected chi connectivity index (χ1v) is 13.2. The Morgan fingerprint density at radius 2 is 1.73 bits per heavy atom. The van der Waals surface area contributed by atoms with Gasteiger partial charge >= 0.3 is 12.1 Å². The van der Waals surface area contributed by atoms with Crippen molar-refractivity contribution >= 4 is 34.4 Å². The highest BCUT2D eigenvalue weighted by Crippen LogP contribution is 2.39. The molecule has 1 amide bonds. The molecule has 210 valence electrons. The first-order valence-electron chi connectivity index (χ1n) is 12.8. The highest BCUT2D eigenvalue weighted by atomic mass is 35.5. The van der Waals surface area contributed by atoms with E-state index in [1.165, 1.54) is 6.07 Å². The number of carboxylic acids is 1. The van der Waals surface area contributed by atoms with E-state index < -0.39 is 17.7 Å². The van der Waals surface area contributed by atoms with Gasteiger partial charge in [0.25, 0.3) is 5.91 Å². The molecule has 0 bridgehead atoms. The fraction of sp³-hybridized carbons (Fsp3) is 0.300. The molecule has 0 aliphatic rings. The number of carbonyl (C=O) groups is 2. The number of hydrogen-bond acceptors (Lipinski definition) is 3. The van der Waals surface area contributed by atoms with Gasteiger partial charge in [-0.25, -0.2) is 0 Å². The molecule has 1 heterocycles. The second-order valence-electron chi connectivity index (χ2n) is 10.1. The normalized spacial score (nSPS) is 12.6. The van der Waals surface area contributed by atoms with E-state index in [2.05, 4.69) is 19.2 Å². The van der Waals surface area contributed by atoms with Gasteiger partial charge in [-0.15, -0.1) is 0 Å². The van der Waals surface area contributed by atoms with Gasteiger partial charge in [-0.05, 0) is 66.3 Å². The first kappa shape index (κ1) is 29.1. The Balaban J connectivity index is 1.67. The average Bonchev–Trinajstić information content (AvgIpc) is 3.32. The first-order chi connectivity index (χ1) is 18.9. The number of alkyl halides is 3. The van der Waals surface area contributed by atoms with Crippen LogP contribution in [0.3, 0.4) is 0 Å². The largest absolute Gasteiger partial charge is 0.481 e. The summed E-state index contributed by atoms with van der Waals surface area (Å²) < 4.78 is 41.3. The molecule has 1 aromatic heterocycles. The van der Waals surface area contributed by atoms with Gasteiger partial charge in [-0.3, -0.25) is 14.3 Å². The highest BCUT2D eigenvalue weighted by molar-refractivity contribution is 6.33. The molecule has 0 fully saturated rings. The summed E-state index contributed by atoms with van der Waals surface area (Å²) in [6.07, 6.45) is -2.11. The van der Waals surface area contributed by atoms with Gasteiger partial charge < -0.3 is 10.4 Å². The van der Waals surface area contributed by atoms with Gasteiger partial charge in [0.05, 0.1) is 29.7 Å². The number of aliphatic carboxylic acids is 1. The van der Waals surface area contributed by atoms with Crippen molar-refractivity contribution in [2.24, 2.45) is 5.92 Å². The van der Waals surface area contributed by atoms with Gasteiger partial charge in [0.1, 0.15) is 0 Å². The molecular weight excluding hydrogens is 543 g/mol. The molecule has 40 heavy (non-hydrogen) atoms. The number of halogens is 4. The number of benzene rings is 3. The van der Waals surface area contributed by atoms with Crippen LogP contribution in [0, 0.1) is 12.8 Å². The van der Waals surface area contributed by atoms with Gasteiger partial charge in [-0.1, -0.05) is 49.7 Å². The second-order valence-corrected chi connectivity index (χ2v) is 10.5. The third-order valence-electron chi connectivity index (χ3n) is 6.81. The summed E-state index contributed by atoms with van der Waals surface area (Å²) in [6.45, 7) is 6.16. The minimum atomic E-state index is -4.48. The van der Waals surface area contributed by atoms with Crippen LogP contribution < -0.4 is 5.32 Å². The van der Waals surface area contributed by atoms with E-state index in [0.29, 0.717) is 17.0 Å². The Morgan fingerprint density at radius 3 is 2.33 bits per heavy atom. The van der Waals surface area contributed by atoms with Crippen molar-refractivity contribution < 1.29 is 27.9 Å². The third kappa shape index (κ3) is 6.31. The number of aromatic nitrogens is 2. The molecule has 4 rings (SSSR count). The number of amides is 1. The summed E-state index contributed by atoms with van der Waals surface area (Å²) in [4.78, 5) is 23.1. The second kappa shape index (κ2) is 11.7. The van der Waals surface area contributed by atoms with E-state index in [1.54, 1.807) is 18.3 Å². The van der Waals surface area contributed by atoms with Crippen LogP contribution in [-0.4, -0.2) is 33.3 Å². The predicted molar refractivity (Wildman–Crippen MR) is 149 cm³/mol. The van der Waals surface area contributed by atoms with Crippen molar-refractivity contribution in [1.29, 1.82) is 0 Å². The third-order valence-corrected chi connectivity index (χ3v) is 7.12. The number of nitrogens with zero attached hydrogens (tertiary/aromatic N) is 2. The number of carboxylic acid groups (broad SMARTS) is 1. The molecule has 0 saturated heterocycles. The molecule has 1 atom stereocenters. The van der Waals surface area contributed by atoms with Crippen LogP contribution in [0.4, 0.5) is 13.2 Å². The highest BCUT2D eigenvalue weighted by Gasteiger charge is 2.31. The fourth-order valence-electron chi connectivity index (χ4n) is 4.77. The quantitative estimate of drug-likeness (QED) is 0.217. The lowest BCUT2D eigenvalue weighted by atomic mass is 9.95. The van der Waals surface area contributed by atoms with Crippen LogP contribution in [0.25, 0.3) is 22.0 Å². The molecule has 4 aromatic rings. The summed E-state index contributed by atoms with van der Waals surface area (Å²) in [6, 6.07) is 14.1. The minimum Gasteiger partial charge on any atom is -0.481 e. The Kier molecular flexibility index (Phi) is 8.54. The number of rotatable bonds is 9. The zero-order valence-electron chi connectivity index (χ0n) is 22.2. The van der Waals surface area contributed by atoms with Crippen molar-refractivity contribution in [2.75, 3.05) is 6.54 Å². The summed E-state index contributed by atoms with van der Waals surface area (Å²) in [5.41, 5.74) is 3.53. The van der Waals surface area contributed by atoms with Crippen molar-refractivity contribution in [3.63, 3.8) is 0 Å². The predicted octanol–water partition coefficient (Wildman–Crippen LogP) is 7.52.